The van der Waals surface area contributed by atoms with Crippen LogP contribution < -0.4 is 0 Å². The van der Waals surface area contributed by atoms with E-state index in [0.717, 1.165) is 25.7 Å². The fraction of sp³-hybridized carbons (Fsp3) is 0.974. The van der Waals surface area contributed by atoms with E-state index in [1.807, 2.05) is 20.8 Å². The summed E-state index contributed by atoms with van der Waals surface area (Å²) in [6, 6.07) is 0. The van der Waals surface area contributed by atoms with E-state index in [1.54, 1.807) is 34.1 Å². The third-order valence-electron chi connectivity index (χ3n) is 7.13. The second-order valence-electron chi connectivity index (χ2n) is 16.8. The molecule has 0 aromatic rings. The first-order valence-corrected chi connectivity index (χ1v) is 31.9. The van der Waals surface area contributed by atoms with Gasteiger partial charge in [-0.1, -0.05) is 101 Å². The van der Waals surface area contributed by atoms with Crippen molar-refractivity contribution in [3.05, 3.63) is 0 Å². The lowest BCUT2D eigenvalue weighted by Gasteiger charge is -2.29. The van der Waals surface area contributed by atoms with Gasteiger partial charge in [-0.3, -0.25) is 4.79 Å². The lowest BCUT2D eigenvalue weighted by atomic mass is 10.1. The van der Waals surface area contributed by atoms with E-state index >= 15 is 0 Å². The maximum Gasteiger partial charge on any atom is 0.304 e. The van der Waals surface area contributed by atoms with Crippen molar-refractivity contribution in [2.24, 2.45) is 23.7 Å². The molecule has 0 heterocycles. The molecule has 0 aliphatic carbocycles. The molecule has 18 heteroatoms. The van der Waals surface area contributed by atoms with Crippen LogP contribution in [-0.4, -0.2) is 82.9 Å². The van der Waals surface area contributed by atoms with Crippen molar-refractivity contribution >= 4 is 81.8 Å². The Hall–Kier alpha value is 2.27. The average molecular weight is 963 g/mol. The molecule has 57 heavy (non-hydrogen) atoms. The third-order valence-corrected chi connectivity index (χ3v) is 21.0. The number of carbonyl (C=O) groups is 1. The Bertz CT molecular complexity index is 909. The van der Waals surface area contributed by atoms with Gasteiger partial charge >= 0.3 is 5.97 Å². The number of aliphatic carboxylic acids is 1. The summed E-state index contributed by atoms with van der Waals surface area (Å²) in [6.07, 6.45) is 3.97. The van der Waals surface area contributed by atoms with E-state index < -0.39 is 36.3 Å². The van der Waals surface area contributed by atoms with E-state index in [2.05, 4.69) is 96.9 Å². The van der Waals surface area contributed by atoms with Crippen molar-refractivity contribution in [2.75, 3.05) is 23.0 Å². The lowest BCUT2D eigenvalue weighted by Crippen LogP contribution is -2.16. The van der Waals surface area contributed by atoms with Crippen molar-refractivity contribution in [3.8, 4) is 0 Å². The second kappa shape index (κ2) is 34.6. The molecule has 0 rings (SSSR count). The van der Waals surface area contributed by atoms with E-state index in [9.17, 15) is 4.79 Å². The molecule has 0 saturated carbocycles. The van der Waals surface area contributed by atoms with Crippen LogP contribution in [0.4, 0.5) is 0 Å². The fourth-order valence-corrected chi connectivity index (χ4v) is 19.5. The van der Waals surface area contributed by atoms with Gasteiger partial charge in [0.15, 0.2) is 0 Å². The Kier molecular flexibility index (Phi) is 36.0. The van der Waals surface area contributed by atoms with Crippen LogP contribution in [0.5, 0.6) is 0 Å². The van der Waals surface area contributed by atoms with E-state index in [-0.39, 0.29) is 55.3 Å². The van der Waals surface area contributed by atoms with Gasteiger partial charge in [0.2, 0.25) is 30.3 Å². The molecule has 0 radical (unpaired) electrons. The summed E-state index contributed by atoms with van der Waals surface area (Å²) >= 11 is 6.47. The highest BCUT2D eigenvalue weighted by Gasteiger charge is 2.28. The van der Waals surface area contributed by atoms with Crippen LogP contribution in [0.2, 0.25) is 0 Å². The molecule has 0 aliphatic heterocycles. The first-order valence-electron chi connectivity index (χ1n) is 20.8. The Morgan fingerprint density at radius 1 is 0.404 bits per heavy atom. The molecule has 1 N–H and O–H groups in total. The molecule has 0 aliphatic rings. The maximum absolute atomic E-state index is 11.1. The largest absolute Gasteiger partial charge is 0.481 e. The highest BCUT2D eigenvalue weighted by Crippen LogP contribution is 2.60. The minimum absolute atomic E-state index is 0.0332. The van der Waals surface area contributed by atoms with Crippen LogP contribution >= 0.6 is 75.8 Å². The quantitative estimate of drug-likeness (QED) is 0.0596. The summed E-state index contributed by atoms with van der Waals surface area (Å²) in [7, 11) is -5.00. The van der Waals surface area contributed by atoms with E-state index in [0.29, 0.717) is 46.7 Å². The van der Waals surface area contributed by atoms with Gasteiger partial charge < -0.3 is 41.3 Å². The molecule has 0 amide bonds. The summed E-state index contributed by atoms with van der Waals surface area (Å²) < 4.78 is 51.8. The van der Waals surface area contributed by atoms with Crippen molar-refractivity contribution < 1.29 is 46.1 Å². The number of hydrogen-bond acceptors (Lipinski definition) is 13. The van der Waals surface area contributed by atoms with Gasteiger partial charge in [0, 0.05) is 23.0 Å². The Morgan fingerprint density at radius 2 is 0.649 bits per heavy atom. The van der Waals surface area contributed by atoms with E-state index in [1.165, 1.54) is 11.4 Å². The Labute approximate surface area is 371 Å². The number of carboxylic acid groups (broad SMARTS) is 1. The van der Waals surface area contributed by atoms with Gasteiger partial charge in [0.1, 0.15) is 0 Å². The third kappa shape index (κ3) is 36.3. The molecule has 0 aromatic heterocycles. The monoisotopic (exact) mass is 962 g/mol. The average Bonchev–Trinajstić information content (AvgIpc) is 3.03. The fourth-order valence-electron chi connectivity index (χ4n) is 5.17. The molecule has 10 nitrogen and oxygen atoms in total. The smallest absolute Gasteiger partial charge is 0.304 e. The van der Waals surface area contributed by atoms with Gasteiger partial charge in [-0.05, 0) is 112 Å². The minimum Gasteiger partial charge on any atom is -0.481 e. The molecule has 8 atom stereocenters. The maximum atomic E-state index is 11.1. The Balaban J connectivity index is 5.91. The Morgan fingerprint density at radius 3 is 0.877 bits per heavy atom. The van der Waals surface area contributed by atoms with Crippen molar-refractivity contribution in [1.29, 1.82) is 0 Å². The zero-order chi connectivity index (χ0) is 43.7. The predicted molar refractivity (Wildman–Crippen MR) is 258 cm³/mol. The van der Waals surface area contributed by atoms with Crippen LogP contribution in [0.25, 0.3) is 0 Å². The number of hydrogen-bond donors (Lipinski definition) is 1. The molecule has 0 bridgehead atoms. The molecule has 0 fully saturated rings. The van der Waals surface area contributed by atoms with Crippen LogP contribution in [-0.2, 0) is 41.0 Å². The van der Waals surface area contributed by atoms with Crippen LogP contribution in [0.3, 0.4) is 0 Å². The molecule has 8 unspecified atom stereocenters. The molecular formula is C39H82O10P4S4. The zero-order valence-corrected chi connectivity index (χ0v) is 45.2. The van der Waals surface area contributed by atoms with Crippen molar-refractivity contribution in [2.45, 2.75) is 199 Å². The molecule has 0 aromatic carbocycles. The summed E-state index contributed by atoms with van der Waals surface area (Å²) in [4.78, 5) is 11.1. The predicted octanol–water partition coefficient (Wildman–Crippen LogP) is 15.7. The van der Waals surface area contributed by atoms with Gasteiger partial charge in [0.25, 0.3) is 0 Å². The highest BCUT2D eigenvalue weighted by atomic mass is 32.7. The standard InChI is InChI=1S/C39H82O10P4S4/c1-27(2)20-32(11)43-51(44-33(12)21-28(3)4)55-25-37(16)48-53(57-24-36(15)47-50(42-31(9)10)54-19-18-39(40)41)49-38(17)26-56-52(45-34(13)22-29(5)6)46-35(14)23-30(7)8/h27-38H,18-26H2,1-17H3,(H,40,41). The lowest BCUT2D eigenvalue weighted by molar-refractivity contribution is -0.136. The van der Waals surface area contributed by atoms with Gasteiger partial charge in [-0.25, -0.2) is 0 Å². The van der Waals surface area contributed by atoms with Gasteiger partial charge in [-0.15, -0.1) is 0 Å². The first kappa shape index (κ1) is 59.3. The zero-order valence-electron chi connectivity index (χ0n) is 38.3. The molecule has 342 valence electrons. The minimum atomic E-state index is -1.37. The van der Waals surface area contributed by atoms with Gasteiger partial charge in [-0.2, -0.15) is 0 Å². The molecule has 0 spiro atoms. The SMILES string of the molecule is CC(C)CC(C)OP(OC(C)CC(C)C)SCC(C)OP(OC(C)CSP(OC(C)CC(C)C)OC(C)CC(C)C)SCC(C)OP(OC(C)C)SCCC(=O)O. The molecule has 0 saturated heterocycles. The van der Waals surface area contributed by atoms with Gasteiger partial charge in [0.05, 0.1) is 55.3 Å². The number of rotatable bonds is 37. The van der Waals surface area contributed by atoms with E-state index in [4.69, 9.17) is 41.3 Å². The van der Waals surface area contributed by atoms with Crippen LogP contribution in [0.15, 0.2) is 0 Å². The number of carboxylic acids is 1. The van der Waals surface area contributed by atoms with Crippen molar-refractivity contribution in [1.82, 2.24) is 0 Å². The first-order chi connectivity index (χ1) is 26.5. The summed E-state index contributed by atoms with van der Waals surface area (Å²) in [5.74, 6) is 3.80. The highest BCUT2D eigenvalue weighted by molar-refractivity contribution is 8.54. The summed E-state index contributed by atoms with van der Waals surface area (Å²) in [5, 5.41) is 9.15. The van der Waals surface area contributed by atoms with Crippen LogP contribution in [0, 0.1) is 23.7 Å². The molecular weight excluding hydrogens is 881 g/mol. The van der Waals surface area contributed by atoms with Crippen LogP contribution in [0.1, 0.15) is 150 Å². The van der Waals surface area contributed by atoms with Crippen molar-refractivity contribution in [3.63, 3.8) is 0 Å². The second-order valence-corrected chi connectivity index (χ2v) is 29.4. The topological polar surface area (TPSA) is 111 Å². The normalized spacial score (nSPS) is 18.5. The summed E-state index contributed by atoms with van der Waals surface area (Å²) in [6.45, 7) is 36.4. The summed E-state index contributed by atoms with van der Waals surface area (Å²) in [5.41, 5.74) is 0.